The molecule has 0 aliphatic carbocycles. The van der Waals surface area contributed by atoms with E-state index in [0.717, 1.165) is 12.8 Å². The van der Waals surface area contributed by atoms with Crippen molar-refractivity contribution in [2.24, 2.45) is 0 Å². The molecule has 2 amide bonds. The van der Waals surface area contributed by atoms with Gasteiger partial charge in [0.05, 0.1) is 0 Å². The molecule has 0 saturated carbocycles. The van der Waals surface area contributed by atoms with E-state index in [0.29, 0.717) is 24.2 Å². The maximum Gasteiger partial charge on any atom is 0.254 e. The van der Waals surface area contributed by atoms with Crippen LogP contribution in [0.3, 0.4) is 0 Å². The maximum absolute atomic E-state index is 13.0. The molecular weight excluding hydrogens is 319 g/mol. The van der Waals surface area contributed by atoms with Crippen LogP contribution < -0.4 is 5.32 Å². The largest absolute Gasteiger partial charge is 0.327 e. The van der Waals surface area contributed by atoms with Gasteiger partial charge in [0.15, 0.2) is 0 Å². The first-order chi connectivity index (χ1) is 12.1. The van der Waals surface area contributed by atoms with Crippen molar-refractivity contribution >= 4 is 17.5 Å². The lowest BCUT2D eigenvalue weighted by molar-refractivity contribution is -0.119. The van der Waals surface area contributed by atoms with Crippen molar-refractivity contribution in [1.82, 2.24) is 4.90 Å². The van der Waals surface area contributed by atoms with Crippen LogP contribution in [0.5, 0.6) is 0 Å². The van der Waals surface area contributed by atoms with Crippen molar-refractivity contribution < 1.29 is 14.0 Å². The van der Waals surface area contributed by atoms with E-state index in [1.54, 1.807) is 4.90 Å². The molecule has 1 N–H and O–H groups in total. The number of carbonyl (C=O) groups is 2. The lowest BCUT2D eigenvalue weighted by Gasteiger charge is -2.24. The van der Waals surface area contributed by atoms with Gasteiger partial charge in [0, 0.05) is 17.8 Å². The minimum atomic E-state index is -0.497. The third kappa shape index (κ3) is 3.87. The predicted molar refractivity (Wildman–Crippen MR) is 94.9 cm³/mol. The quantitative estimate of drug-likeness (QED) is 0.924. The number of anilines is 1. The summed E-state index contributed by atoms with van der Waals surface area (Å²) in [5, 5.41) is 2.77. The molecule has 1 saturated heterocycles. The Balaban J connectivity index is 1.71. The summed E-state index contributed by atoms with van der Waals surface area (Å²) < 4.78 is 13.0. The van der Waals surface area contributed by atoms with Crippen LogP contribution in [0.25, 0.3) is 0 Å². The Morgan fingerprint density at radius 2 is 1.80 bits per heavy atom. The monoisotopic (exact) mass is 340 g/mol. The van der Waals surface area contributed by atoms with Crippen molar-refractivity contribution in [2.75, 3.05) is 11.9 Å². The zero-order valence-corrected chi connectivity index (χ0v) is 14.2. The first-order valence-corrected chi connectivity index (χ1v) is 8.55. The normalized spacial score (nSPS) is 16.7. The Bertz CT molecular complexity index is 756. The lowest BCUT2D eigenvalue weighted by Crippen LogP contribution is -2.43. The summed E-state index contributed by atoms with van der Waals surface area (Å²) in [6.45, 7) is 2.63. The van der Waals surface area contributed by atoms with Gasteiger partial charge in [0.1, 0.15) is 11.9 Å². The molecule has 4 nitrogen and oxygen atoms in total. The first-order valence-electron chi connectivity index (χ1n) is 8.55. The van der Waals surface area contributed by atoms with Crippen molar-refractivity contribution in [2.45, 2.75) is 32.2 Å². The van der Waals surface area contributed by atoms with Crippen LogP contribution in [0.4, 0.5) is 10.1 Å². The molecule has 0 unspecified atom stereocenters. The van der Waals surface area contributed by atoms with Crippen LogP contribution in [0, 0.1) is 5.82 Å². The van der Waals surface area contributed by atoms with Crippen molar-refractivity contribution in [3.05, 3.63) is 65.5 Å². The number of benzene rings is 2. The highest BCUT2D eigenvalue weighted by Crippen LogP contribution is 2.22. The standard InChI is InChI=1S/C20H21FN2O2/c1-2-14-5-7-15(8-6-14)20(25)23-13-3-4-18(23)19(24)22-17-11-9-16(21)10-12-17/h5-12,18H,2-4,13H2,1H3,(H,22,24)/t18-/m1/s1. The van der Waals surface area contributed by atoms with E-state index in [2.05, 4.69) is 12.2 Å². The molecule has 1 aliphatic heterocycles. The van der Waals surface area contributed by atoms with Gasteiger partial charge in [0.2, 0.25) is 5.91 Å². The Morgan fingerprint density at radius 3 is 2.44 bits per heavy atom. The van der Waals surface area contributed by atoms with E-state index in [4.69, 9.17) is 0 Å². The van der Waals surface area contributed by atoms with Crippen LogP contribution in [-0.4, -0.2) is 29.3 Å². The van der Waals surface area contributed by atoms with E-state index in [9.17, 15) is 14.0 Å². The van der Waals surface area contributed by atoms with Crippen molar-refractivity contribution in [3.8, 4) is 0 Å². The highest BCUT2D eigenvalue weighted by molar-refractivity contribution is 6.01. The minimum absolute atomic E-state index is 0.126. The summed E-state index contributed by atoms with van der Waals surface area (Å²) in [5.74, 6) is -0.715. The first kappa shape index (κ1) is 17.1. The van der Waals surface area contributed by atoms with Gasteiger partial charge in [-0.3, -0.25) is 9.59 Å². The molecule has 3 rings (SSSR count). The number of likely N-dealkylation sites (tertiary alicyclic amines) is 1. The molecule has 0 bridgehead atoms. The third-order valence-electron chi connectivity index (χ3n) is 4.54. The second-order valence-corrected chi connectivity index (χ2v) is 6.20. The number of amides is 2. The van der Waals surface area contributed by atoms with Gasteiger partial charge in [-0.1, -0.05) is 19.1 Å². The molecule has 25 heavy (non-hydrogen) atoms. The van der Waals surface area contributed by atoms with Gasteiger partial charge in [-0.25, -0.2) is 4.39 Å². The summed E-state index contributed by atoms with van der Waals surface area (Å²) in [7, 11) is 0. The predicted octanol–water partition coefficient (Wildman–Crippen LogP) is 3.63. The lowest BCUT2D eigenvalue weighted by atomic mass is 10.1. The van der Waals surface area contributed by atoms with E-state index >= 15 is 0 Å². The summed E-state index contributed by atoms with van der Waals surface area (Å²) in [5.41, 5.74) is 2.29. The van der Waals surface area contributed by atoms with Gasteiger partial charge in [-0.05, 0) is 61.2 Å². The molecule has 1 heterocycles. The maximum atomic E-state index is 13.0. The highest BCUT2D eigenvalue weighted by atomic mass is 19.1. The van der Waals surface area contributed by atoms with E-state index in [1.165, 1.54) is 29.8 Å². The SMILES string of the molecule is CCc1ccc(C(=O)N2CCC[C@@H]2C(=O)Nc2ccc(F)cc2)cc1. The molecule has 0 radical (unpaired) electrons. The number of rotatable bonds is 4. The molecule has 0 spiro atoms. The molecule has 2 aromatic carbocycles. The molecular formula is C20H21FN2O2. The summed E-state index contributed by atoms with van der Waals surface area (Å²) >= 11 is 0. The molecule has 1 aliphatic rings. The van der Waals surface area contributed by atoms with Gasteiger partial charge >= 0.3 is 0 Å². The fraction of sp³-hybridized carbons (Fsp3) is 0.300. The molecule has 1 fully saturated rings. The summed E-state index contributed by atoms with van der Waals surface area (Å²) in [6.07, 6.45) is 2.34. The van der Waals surface area contributed by atoms with E-state index in [-0.39, 0.29) is 17.6 Å². The van der Waals surface area contributed by atoms with E-state index in [1.807, 2.05) is 24.3 Å². The summed E-state index contributed by atoms with van der Waals surface area (Å²) in [4.78, 5) is 26.9. The van der Waals surface area contributed by atoms with Crippen LogP contribution in [-0.2, 0) is 11.2 Å². The van der Waals surface area contributed by atoms with Gasteiger partial charge in [-0.15, -0.1) is 0 Å². The van der Waals surface area contributed by atoms with Crippen LogP contribution >= 0.6 is 0 Å². The third-order valence-corrected chi connectivity index (χ3v) is 4.54. The van der Waals surface area contributed by atoms with Crippen molar-refractivity contribution in [1.29, 1.82) is 0 Å². The molecule has 1 atom stereocenters. The highest BCUT2D eigenvalue weighted by Gasteiger charge is 2.34. The second kappa shape index (κ2) is 7.47. The summed E-state index contributed by atoms with van der Waals surface area (Å²) in [6, 6.07) is 12.6. The number of hydrogen-bond acceptors (Lipinski definition) is 2. The number of hydrogen-bond donors (Lipinski definition) is 1. The number of halogens is 1. The zero-order valence-electron chi connectivity index (χ0n) is 14.2. The number of carbonyl (C=O) groups excluding carboxylic acids is 2. The number of aryl methyl sites for hydroxylation is 1. The number of nitrogens with zero attached hydrogens (tertiary/aromatic N) is 1. The van der Waals surface area contributed by atoms with Gasteiger partial charge < -0.3 is 10.2 Å². The molecule has 0 aromatic heterocycles. The molecule has 5 heteroatoms. The Kier molecular flexibility index (Phi) is 5.12. The fourth-order valence-corrected chi connectivity index (χ4v) is 3.09. The van der Waals surface area contributed by atoms with Gasteiger partial charge in [-0.2, -0.15) is 0 Å². The molecule has 2 aromatic rings. The Hall–Kier alpha value is -2.69. The average molecular weight is 340 g/mol. The Morgan fingerprint density at radius 1 is 1.12 bits per heavy atom. The average Bonchev–Trinajstić information content (AvgIpc) is 3.13. The zero-order chi connectivity index (χ0) is 17.8. The topological polar surface area (TPSA) is 49.4 Å². The van der Waals surface area contributed by atoms with Crippen LogP contribution in [0.1, 0.15) is 35.7 Å². The van der Waals surface area contributed by atoms with Crippen LogP contribution in [0.2, 0.25) is 0 Å². The van der Waals surface area contributed by atoms with Crippen LogP contribution in [0.15, 0.2) is 48.5 Å². The number of nitrogens with one attached hydrogen (secondary N) is 1. The minimum Gasteiger partial charge on any atom is -0.327 e. The molecule has 130 valence electrons. The Labute approximate surface area is 146 Å². The van der Waals surface area contributed by atoms with Crippen molar-refractivity contribution in [3.63, 3.8) is 0 Å². The smallest absolute Gasteiger partial charge is 0.254 e. The second-order valence-electron chi connectivity index (χ2n) is 6.20. The fourth-order valence-electron chi connectivity index (χ4n) is 3.09. The van der Waals surface area contributed by atoms with E-state index < -0.39 is 6.04 Å². The van der Waals surface area contributed by atoms with Gasteiger partial charge in [0.25, 0.3) is 5.91 Å².